The molecule has 3 N–H and O–H groups in total. The summed E-state index contributed by atoms with van der Waals surface area (Å²) in [7, 11) is 1.60. The molecule has 3 heterocycles. The van der Waals surface area contributed by atoms with Crippen molar-refractivity contribution in [3.63, 3.8) is 0 Å². The van der Waals surface area contributed by atoms with Crippen LogP contribution in [0, 0.1) is 28.9 Å². The van der Waals surface area contributed by atoms with Crippen LogP contribution in [0.4, 0.5) is 20.4 Å². The molecule has 1 aromatic carbocycles. The summed E-state index contributed by atoms with van der Waals surface area (Å²) in [4.78, 5) is 8.84. The number of benzene rings is 1. The van der Waals surface area contributed by atoms with Crippen LogP contribution in [0.15, 0.2) is 48.9 Å². The highest BCUT2D eigenvalue weighted by atomic mass is 19.1. The second-order valence-corrected chi connectivity index (χ2v) is 12.0. The molecule has 2 aliphatic rings. The zero-order valence-corrected chi connectivity index (χ0v) is 25.0. The number of anilines is 2. The first-order valence-corrected chi connectivity index (χ1v) is 15.2. The molecular formula is C33H37F2N7O2. The molecular weight excluding hydrogens is 564 g/mol. The Morgan fingerprint density at radius 1 is 1.14 bits per heavy atom. The average molecular weight is 602 g/mol. The number of aromatic nitrogens is 4. The first kappa shape index (κ1) is 30.1. The van der Waals surface area contributed by atoms with Gasteiger partial charge < -0.3 is 20.5 Å². The van der Waals surface area contributed by atoms with E-state index in [-0.39, 0.29) is 35.2 Å². The van der Waals surface area contributed by atoms with E-state index in [0.29, 0.717) is 36.5 Å². The minimum atomic E-state index is -0.683. The van der Waals surface area contributed by atoms with Crippen LogP contribution in [0.2, 0.25) is 0 Å². The van der Waals surface area contributed by atoms with E-state index in [1.54, 1.807) is 42.3 Å². The van der Waals surface area contributed by atoms with Gasteiger partial charge in [0.1, 0.15) is 11.6 Å². The van der Waals surface area contributed by atoms with Gasteiger partial charge in [-0.15, -0.1) is 0 Å². The largest absolute Gasteiger partial charge is 0.375 e. The van der Waals surface area contributed by atoms with Gasteiger partial charge >= 0.3 is 0 Å². The van der Waals surface area contributed by atoms with Crippen molar-refractivity contribution in [2.75, 3.05) is 19.0 Å². The number of rotatable bonds is 9. The summed E-state index contributed by atoms with van der Waals surface area (Å²) in [5, 5.41) is 16.8. The number of fused-ring (bicyclic) bond motifs is 1. The number of nitrogens with one attached hydrogen (secondary N) is 1. The predicted molar refractivity (Wildman–Crippen MR) is 162 cm³/mol. The molecule has 0 radical (unpaired) electrons. The second-order valence-electron chi connectivity index (χ2n) is 12.0. The molecule has 0 unspecified atom stereocenters. The molecule has 0 saturated heterocycles. The third kappa shape index (κ3) is 5.65. The van der Waals surface area contributed by atoms with E-state index in [1.807, 2.05) is 6.07 Å². The van der Waals surface area contributed by atoms with E-state index in [2.05, 4.69) is 33.4 Å². The van der Waals surface area contributed by atoms with Gasteiger partial charge in [0.05, 0.1) is 65.7 Å². The maximum Gasteiger partial charge on any atom is 0.229 e. The van der Waals surface area contributed by atoms with Crippen LogP contribution in [0.1, 0.15) is 68.9 Å². The van der Waals surface area contributed by atoms with Crippen molar-refractivity contribution < 1.29 is 18.3 Å². The Labute approximate surface area is 255 Å². The number of nitrogens with zero attached hydrogens (tertiary/aromatic N) is 5. The highest BCUT2D eigenvalue weighted by Gasteiger charge is 2.38. The van der Waals surface area contributed by atoms with Crippen LogP contribution >= 0.6 is 0 Å². The number of nitriles is 1. The standard InChI is InChI=1S/C33H37F2N7O2/c1-20-14-21(15-27(37)31(20)44-13-5-11-36)24-8-12-38-19-29(24)40-32-39-18-23-6-7-28(41-42(23)32)30-25(34)16-22(17-26(30)35)33(43-2)9-3-4-10-33/h6-8,12,16-21,27,31H,3-5,9-10,13-15,37H2,1-2H3,(H,39,40)/t20-,21+,27+,31-/m0/s1. The van der Waals surface area contributed by atoms with E-state index in [1.165, 1.54) is 12.1 Å². The van der Waals surface area contributed by atoms with E-state index >= 15 is 8.78 Å². The fraction of sp³-hybridized carbons (Fsp3) is 0.455. The number of halogens is 2. The number of hydrogen-bond acceptors (Lipinski definition) is 8. The SMILES string of the molecule is COC1(c2cc(F)c(-c3ccc4cnc(Nc5cnccc5[C@H]5C[C@@H](N)[C@@H](OCCC#N)[C@@H](C)C5)n4n3)c(F)c2)CCCC1. The Morgan fingerprint density at radius 2 is 1.91 bits per heavy atom. The van der Waals surface area contributed by atoms with Crippen molar-refractivity contribution in [2.45, 2.75) is 75.5 Å². The summed E-state index contributed by atoms with van der Waals surface area (Å²) in [5.74, 6) is -0.630. The van der Waals surface area contributed by atoms with Crippen LogP contribution in [0.3, 0.4) is 0 Å². The topological polar surface area (TPSA) is 123 Å². The van der Waals surface area contributed by atoms with Crippen LogP contribution in [-0.2, 0) is 15.1 Å². The summed E-state index contributed by atoms with van der Waals surface area (Å²) in [6, 6.07) is 10.00. The molecule has 4 aromatic rings. The smallest absolute Gasteiger partial charge is 0.229 e. The Kier molecular flexibility index (Phi) is 8.58. The zero-order valence-electron chi connectivity index (χ0n) is 25.0. The van der Waals surface area contributed by atoms with Gasteiger partial charge in [0, 0.05) is 19.3 Å². The van der Waals surface area contributed by atoms with Gasteiger partial charge in [0.2, 0.25) is 5.95 Å². The summed E-state index contributed by atoms with van der Waals surface area (Å²) < 4.78 is 44.3. The quantitative estimate of drug-likeness (QED) is 0.212. The molecule has 6 rings (SSSR count). The third-order valence-corrected chi connectivity index (χ3v) is 9.27. The molecule has 0 bridgehead atoms. The minimum absolute atomic E-state index is 0.107. The Morgan fingerprint density at radius 3 is 2.61 bits per heavy atom. The molecule has 9 nitrogen and oxygen atoms in total. The van der Waals surface area contributed by atoms with Crippen molar-refractivity contribution in [1.29, 1.82) is 5.26 Å². The second kappa shape index (κ2) is 12.6. The number of nitrogens with two attached hydrogens (primary N) is 1. The summed E-state index contributed by atoms with van der Waals surface area (Å²) >= 11 is 0. The van der Waals surface area contributed by atoms with Gasteiger partial charge in [-0.05, 0) is 79.0 Å². The average Bonchev–Trinajstić information content (AvgIpc) is 3.66. The summed E-state index contributed by atoms with van der Waals surface area (Å²) in [6.07, 6.45) is 10.3. The first-order valence-electron chi connectivity index (χ1n) is 15.2. The fourth-order valence-corrected chi connectivity index (χ4v) is 7.07. The van der Waals surface area contributed by atoms with Crippen LogP contribution < -0.4 is 11.1 Å². The number of imidazole rings is 1. The lowest BCUT2D eigenvalue weighted by Crippen LogP contribution is -2.46. The molecule has 4 atom stereocenters. The minimum Gasteiger partial charge on any atom is -0.375 e. The Bertz CT molecular complexity index is 1650. The summed E-state index contributed by atoms with van der Waals surface area (Å²) in [6.45, 7) is 2.50. The van der Waals surface area contributed by atoms with E-state index in [4.69, 9.17) is 20.5 Å². The monoisotopic (exact) mass is 601 g/mol. The maximum atomic E-state index is 15.5. The van der Waals surface area contributed by atoms with Crippen molar-refractivity contribution in [2.24, 2.45) is 11.7 Å². The summed E-state index contributed by atoms with van der Waals surface area (Å²) in [5.41, 5.74) is 8.82. The molecule has 0 aliphatic heterocycles. The van der Waals surface area contributed by atoms with E-state index in [0.717, 1.165) is 43.4 Å². The molecule has 0 spiro atoms. The van der Waals surface area contributed by atoms with Gasteiger partial charge in [-0.2, -0.15) is 14.9 Å². The van der Waals surface area contributed by atoms with Crippen molar-refractivity contribution >= 4 is 17.2 Å². The van der Waals surface area contributed by atoms with Gasteiger partial charge in [-0.25, -0.2) is 13.8 Å². The molecule has 230 valence electrons. The van der Waals surface area contributed by atoms with Gasteiger partial charge in [-0.3, -0.25) is 4.98 Å². The number of hydrogen-bond donors (Lipinski definition) is 2. The molecule has 2 aliphatic carbocycles. The normalized spacial score (nSPS) is 23.1. The Hall–Kier alpha value is -3.98. The lowest BCUT2D eigenvalue weighted by molar-refractivity contribution is -0.0198. The lowest BCUT2D eigenvalue weighted by Gasteiger charge is -2.39. The molecule has 2 saturated carbocycles. The lowest BCUT2D eigenvalue weighted by atomic mass is 9.74. The molecule has 44 heavy (non-hydrogen) atoms. The maximum absolute atomic E-state index is 15.5. The Balaban J connectivity index is 1.27. The molecule has 2 fully saturated rings. The van der Waals surface area contributed by atoms with E-state index < -0.39 is 17.2 Å². The first-order chi connectivity index (χ1) is 21.3. The number of methoxy groups -OCH3 is 1. The van der Waals surface area contributed by atoms with Crippen molar-refractivity contribution in [3.8, 4) is 17.3 Å². The zero-order chi connectivity index (χ0) is 30.8. The fourth-order valence-electron chi connectivity index (χ4n) is 7.07. The predicted octanol–water partition coefficient (Wildman–Crippen LogP) is 6.37. The highest BCUT2D eigenvalue weighted by Crippen LogP contribution is 2.43. The van der Waals surface area contributed by atoms with Crippen molar-refractivity contribution in [1.82, 2.24) is 19.6 Å². The molecule has 0 amide bonds. The third-order valence-electron chi connectivity index (χ3n) is 9.27. The van der Waals surface area contributed by atoms with E-state index in [9.17, 15) is 0 Å². The molecule has 3 aromatic heterocycles. The van der Waals surface area contributed by atoms with Gasteiger partial charge in [0.15, 0.2) is 0 Å². The number of ether oxygens (including phenoxy) is 2. The van der Waals surface area contributed by atoms with Gasteiger partial charge in [0.25, 0.3) is 0 Å². The van der Waals surface area contributed by atoms with Crippen LogP contribution in [-0.4, -0.2) is 45.4 Å². The highest BCUT2D eigenvalue weighted by molar-refractivity contribution is 5.66. The molecule has 11 heteroatoms. The van der Waals surface area contributed by atoms with Crippen LogP contribution in [0.5, 0.6) is 0 Å². The van der Waals surface area contributed by atoms with Gasteiger partial charge in [-0.1, -0.05) is 19.8 Å². The number of pyridine rings is 1. The van der Waals surface area contributed by atoms with Crippen molar-refractivity contribution in [3.05, 3.63) is 71.7 Å². The van der Waals surface area contributed by atoms with Crippen LogP contribution in [0.25, 0.3) is 16.8 Å².